The number of carbonyl (C=O) groups is 1. The smallest absolute Gasteiger partial charge is 0.171 e. The highest BCUT2D eigenvalue weighted by molar-refractivity contribution is 9.10. The molecule has 0 radical (unpaired) electrons. The number of halogens is 1. The molecule has 0 N–H and O–H groups in total. The summed E-state index contributed by atoms with van der Waals surface area (Å²) in [7, 11) is 0. The van der Waals surface area contributed by atoms with Crippen molar-refractivity contribution in [3.63, 3.8) is 0 Å². The van der Waals surface area contributed by atoms with Crippen molar-refractivity contribution in [2.45, 2.75) is 33.2 Å². The molecule has 0 unspecified atom stereocenters. The fourth-order valence-corrected chi connectivity index (χ4v) is 2.62. The average molecular weight is 322 g/mol. The van der Waals surface area contributed by atoms with E-state index in [0.717, 1.165) is 28.8 Å². The van der Waals surface area contributed by atoms with Crippen molar-refractivity contribution in [2.75, 3.05) is 0 Å². The van der Waals surface area contributed by atoms with E-state index >= 15 is 0 Å². The van der Waals surface area contributed by atoms with Crippen molar-refractivity contribution in [3.8, 4) is 0 Å². The van der Waals surface area contributed by atoms with E-state index in [9.17, 15) is 4.79 Å². The summed E-state index contributed by atoms with van der Waals surface area (Å²) >= 11 is 3.44. The van der Waals surface area contributed by atoms with Crippen LogP contribution in [0.25, 0.3) is 0 Å². The minimum absolute atomic E-state index is 0.0530. The molecule has 0 atom stereocenters. The number of ketones is 1. The molecule has 100 valence electrons. The van der Waals surface area contributed by atoms with Crippen molar-refractivity contribution in [1.82, 2.24) is 14.8 Å². The number of nitrogens with zero attached hydrogens (tertiary/aromatic N) is 3. The molecule has 0 aliphatic carbocycles. The van der Waals surface area contributed by atoms with Gasteiger partial charge in [-0.2, -0.15) is 5.10 Å². The number of rotatable bonds is 5. The molecule has 0 aliphatic rings. The van der Waals surface area contributed by atoms with Gasteiger partial charge in [-0.1, -0.05) is 28.9 Å². The molecule has 1 heterocycles. The maximum atomic E-state index is 12.3. The van der Waals surface area contributed by atoms with Crippen molar-refractivity contribution in [1.29, 1.82) is 0 Å². The summed E-state index contributed by atoms with van der Waals surface area (Å²) in [6.45, 7) is 4.86. The Kier molecular flexibility index (Phi) is 4.47. The second kappa shape index (κ2) is 6.10. The maximum absolute atomic E-state index is 12.3. The molecule has 2 rings (SSSR count). The third-order valence-corrected chi connectivity index (χ3v) is 3.53. The lowest BCUT2D eigenvalue weighted by atomic mass is 10.1. The zero-order valence-corrected chi connectivity index (χ0v) is 12.6. The van der Waals surface area contributed by atoms with Crippen LogP contribution in [0.3, 0.4) is 0 Å². The molecule has 0 aliphatic heterocycles. The fraction of sp³-hybridized carbons (Fsp3) is 0.357. The predicted molar refractivity (Wildman–Crippen MR) is 77.2 cm³/mol. The molecule has 0 saturated heterocycles. The highest BCUT2D eigenvalue weighted by Crippen LogP contribution is 2.20. The first-order chi connectivity index (χ1) is 9.11. The van der Waals surface area contributed by atoms with E-state index in [-0.39, 0.29) is 12.2 Å². The zero-order chi connectivity index (χ0) is 13.8. The Balaban J connectivity index is 2.18. The van der Waals surface area contributed by atoms with Crippen LogP contribution in [0.1, 0.15) is 35.1 Å². The van der Waals surface area contributed by atoms with Crippen molar-refractivity contribution in [3.05, 3.63) is 46.0 Å². The Morgan fingerprint density at radius 1 is 1.42 bits per heavy atom. The van der Waals surface area contributed by atoms with Crippen LogP contribution in [0.15, 0.2) is 29.0 Å². The molecule has 2 aromatic rings. The van der Waals surface area contributed by atoms with Gasteiger partial charge in [0.05, 0.1) is 6.42 Å². The summed E-state index contributed by atoms with van der Waals surface area (Å²) in [5.41, 5.74) is 1.81. The lowest BCUT2D eigenvalue weighted by Gasteiger charge is -2.06. The number of hydrogen-bond acceptors (Lipinski definition) is 3. The molecule has 19 heavy (non-hydrogen) atoms. The normalized spacial score (nSPS) is 10.7. The van der Waals surface area contributed by atoms with Crippen LogP contribution in [0, 0.1) is 6.92 Å². The second-order valence-corrected chi connectivity index (χ2v) is 5.34. The SMILES string of the molecule is CCCn1ncnc1CC(=O)c1ccc(C)cc1Br. The predicted octanol–water partition coefficient (Wildman–Crippen LogP) is 3.18. The van der Waals surface area contributed by atoms with E-state index in [0.29, 0.717) is 5.56 Å². The monoisotopic (exact) mass is 321 g/mol. The molecule has 1 aromatic carbocycles. The molecular formula is C14H16BrN3O. The van der Waals surface area contributed by atoms with Gasteiger partial charge in [0.15, 0.2) is 5.78 Å². The summed E-state index contributed by atoms with van der Waals surface area (Å²) in [5.74, 6) is 0.775. The van der Waals surface area contributed by atoms with Crippen LogP contribution >= 0.6 is 15.9 Å². The topological polar surface area (TPSA) is 47.8 Å². The Hall–Kier alpha value is -1.49. The van der Waals surface area contributed by atoms with Crippen LogP contribution in [0.5, 0.6) is 0 Å². The lowest BCUT2D eigenvalue weighted by molar-refractivity contribution is 0.0988. The van der Waals surface area contributed by atoms with Crippen LogP contribution in [-0.4, -0.2) is 20.5 Å². The molecule has 5 heteroatoms. The third-order valence-electron chi connectivity index (χ3n) is 2.87. The van der Waals surface area contributed by atoms with Crippen LogP contribution in [-0.2, 0) is 13.0 Å². The third kappa shape index (κ3) is 3.29. The van der Waals surface area contributed by atoms with E-state index in [4.69, 9.17) is 0 Å². The Morgan fingerprint density at radius 3 is 2.89 bits per heavy atom. The minimum Gasteiger partial charge on any atom is -0.294 e. The van der Waals surface area contributed by atoms with Crippen molar-refractivity contribution >= 4 is 21.7 Å². The molecule has 1 aromatic heterocycles. The standard InChI is InChI=1S/C14H16BrN3O/c1-3-6-18-14(16-9-17-18)8-13(19)11-5-4-10(2)7-12(11)15/h4-5,7,9H,3,6,8H2,1-2H3. The molecular weight excluding hydrogens is 306 g/mol. The summed E-state index contributed by atoms with van der Waals surface area (Å²) in [4.78, 5) is 16.5. The van der Waals surface area contributed by atoms with Gasteiger partial charge in [0.2, 0.25) is 0 Å². The number of benzene rings is 1. The van der Waals surface area contributed by atoms with E-state index < -0.39 is 0 Å². The van der Waals surface area contributed by atoms with Gasteiger partial charge >= 0.3 is 0 Å². The lowest BCUT2D eigenvalue weighted by Crippen LogP contribution is -2.12. The van der Waals surface area contributed by atoms with E-state index in [2.05, 4.69) is 32.9 Å². The highest BCUT2D eigenvalue weighted by atomic mass is 79.9. The minimum atomic E-state index is 0.0530. The Labute approximate surface area is 121 Å². The van der Waals surface area contributed by atoms with Gasteiger partial charge in [0.25, 0.3) is 0 Å². The first kappa shape index (κ1) is 13.9. The largest absolute Gasteiger partial charge is 0.294 e. The Bertz CT molecular complexity index is 592. The van der Waals surface area contributed by atoms with E-state index in [1.54, 1.807) is 4.68 Å². The van der Waals surface area contributed by atoms with Gasteiger partial charge in [-0.15, -0.1) is 0 Å². The number of aryl methyl sites for hydroxylation is 2. The summed E-state index contributed by atoms with van der Waals surface area (Å²) < 4.78 is 2.62. The number of Topliss-reactive ketones (excluding diaryl/α,β-unsaturated/α-hetero) is 1. The van der Waals surface area contributed by atoms with Gasteiger partial charge in [-0.3, -0.25) is 4.79 Å². The van der Waals surface area contributed by atoms with Gasteiger partial charge in [0, 0.05) is 16.6 Å². The van der Waals surface area contributed by atoms with Gasteiger partial charge < -0.3 is 0 Å². The summed E-state index contributed by atoms with van der Waals surface area (Å²) in [5, 5.41) is 4.13. The van der Waals surface area contributed by atoms with Gasteiger partial charge in [0.1, 0.15) is 12.2 Å². The average Bonchev–Trinajstić information content (AvgIpc) is 2.77. The number of carbonyl (C=O) groups excluding carboxylic acids is 1. The molecule has 0 spiro atoms. The highest BCUT2D eigenvalue weighted by Gasteiger charge is 2.14. The Morgan fingerprint density at radius 2 is 2.21 bits per heavy atom. The molecule has 0 amide bonds. The maximum Gasteiger partial charge on any atom is 0.171 e. The zero-order valence-electron chi connectivity index (χ0n) is 11.1. The summed E-state index contributed by atoms with van der Waals surface area (Å²) in [6, 6.07) is 5.74. The molecule has 0 bridgehead atoms. The van der Waals surface area contributed by atoms with Crippen LogP contribution in [0.2, 0.25) is 0 Å². The number of aromatic nitrogens is 3. The first-order valence-corrected chi connectivity index (χ1v) is 7.07. The molecule has 0 saturated carbocycles. The number of hydrogen-bond donors (Lipinski definition) is 0. The fourth-order valence-electron chi connectivity index (χ4n) is 1.91. The van der Waals surface area contributed by atoms with Gasteiger partial charge in [-0.05, 0) is 31.0 Å². The molecule has 0 fully saturated rings. The first-order valence-electron chi connectivity index (χ1n) is 6.28. The molecule has 4 nitrogen and oxygen atoms in total. The van der Waals surface area contributed by atoms with Crippen molar-refractivity contribution < 1.29 is 4.79 Å². The van der Waals surface area contributed by atoms with Crippen molar-refractivity contribution in [2.24, 2.45) is 0 Å². The van der Waals surface area contributed by atoms with Gasteiger partial charge in [-0.25, -0.2) is 9.67 Å². The van der Waals surface area contributed by atoms with Crippen LogP contribution in [0.4, 0.5) is 0 Å². The second-order valence-electron chi connectivity index (χ2n) is 4.48. The van der Waals surface area contributed by atoms with Crippen LogP contribution < -0.4 is 0 Å². The van der Waals surface area contributed by atoms with E-state index in [1.807, 2.05) is 25.1 Å². The quantitative estimate of drug-likeness (QED) is 0.794. The van der Waals surface area contributed by atoms with E-state index in [1.165, 1.54) is 6.33 Å². The summed E-state index contributed by atoms with van der Waals surface area (Å²) in [6.07, 6.45) is 2.75.